The van der Waals surface area contributed by atoms with E-state index in [0.717, 1.165) is 0 Å². The van der Waals surface area contributed by atoms with E-state index in [9.17, 15) is 87.2 Å². The van der Waals surface area contributed by atoms with Crippen LogP contribution in [0.1, 0.15) is 0 Å². The second-order valence-corrected chi connectivity index (χ2v) is 20.4. The predicted molar refractivity (Wildman–Crippen MR) is 210 cm³/mol. The Morgan fingerprint density at radius 3 is 1.15 bits per heavy atom. The van der Waals surface area contributed by atoms with Gasteiger partial charge in [-0.2, -0.15) is 16.8 Å². The number of ether oxygens (including phenoxy) is 14. The van der Waals surface area contributed by atoms with Gasteiger partial charge in [0.25, 0.3) is 0 Å². The van der Waals surface area contributed by atoms with Gasteiger partial charge in [-0.3, -0.25) is 9.11 Å². The molecular weight excluding hydrogens is 1040 g/mol. The minimum absolute atomic E-state index is 0.144. The van der Waals surface area contributed by atoms with E-state index in [2.05, 4.69) is 8.37 Å². The summed E-state index contributed by atoms with van der Waals surface area (Å²) in [4.78, 5) is 0. The van der Waals surface area contributed by atoms with Gasteiger partial charge in [0.2, 0.25) is 0 Å². The molecule has 0 aromatic rings. The summed E-state index contributed by atoms with van der Waals surface area (Å²) in [5, 5.41) is 130. The van der Waals surface area contributed by atoms with E-state index in [1.54, 1.807) is 0 Å². The van der Waals surface area contributed by atoms with Crippen molar-refractivity contribution in [3.05, 3.63) is 0 Å². The lowest BCUT2D eigenvalue weighted by Gasteiger charge is -2.48. The van der Waals surface area contributed by atoms with Crippen LogP contribution in [0.4, 0.5) is 0 Å². The molecule has 0 aromatic heterocycles. The fourth-order valence-electron chi connectivity index (χ4n) is 9.89. The summed E-state index contributed by atoms with van der Waals surface area (Å²) in [7, 11) is -10.3. The van der Waals surface area contributed by atoms with Gasteiger partial charge in [0.1, 0.15) is 146 Å². The number of hydrogen-bond acceptors (Lipinski definition) is 32. The minimum atomic E-state index is -5.19. The number of hydrogen-bond donors (Lipinski definition) is 14. The molecule has 416 valence electrons. The fraction of sp³-hybridized carbons (Fsp3) is 1.00. The van der Waals surface area contributed by atoms with Crippen LogP contribution in [0.25, 0.3) is 0 Å². The van der Waals surface area contributed by atoms with Crippen molar-refractivity contribution in [2.75, 3.05) is 39.6 Å². The first-order valence-corrected chi connectivity index (χ1v) is 25.0. The lowest BCUT2D eigenvalue weighted by Crippen LogP contribution is -2.66. The Hall–Kier alpha value is -1.30. The van der Waals surface area contributed by atoms with Gasteiger partial charge in [0, 0.05) is 0 Å². The maximum Gasteiger partial charge on any atom is 0.397 e. The molecule has 36 heteroatoms. The zero-order valence-corrected chi connectivity index (χ0v) is 38.4. The van der Waals surface area contributed by atoms with Crippen LogP contribution in [0.3, 0.4) is 0 Å². The van der Waals surface area contributed by atoms with Crippen LogP contribution in [0.15, 0.2) is 0 Å². The highest BCUT2D eigenvalue weighted by Gasteiger charge is 2.61. The number of aliphatic hydroxyl groups excluding tert-OH is 12. The van der Waals surface area contributed by atoms with Crippen LogP contribution in [0.2, 0.25) is 0 Å². The molecule has 9 fully saturated rings. The Kier molecular flexibility index (Phi) is 16.8. The summed E-state index contributed by atoms with van der Waals surface area (Å²) in [6.07, 6.45) is -50.3. The van der Waals surface area contributed by atoms with Gasteiger partial charge in [-0.05, 0) is 0 Å². The van der Waals surface area contributed by atoms with E-state index in [1.165, 1.54) is 0 Å². The average Bonchev–Trinajstić information content (AvgIpc) is 3.91. The molecule has 0 unspecified atom stereocenters. The van der Waals surface area contributed by atoms with Gasteiger partial charge in [0.15, 0.2) is 37.7 Å². The predicted octanol–water partition coefficient (Wildman–Crippen LogP) is -11.3. The molecule has 9 saturated heterocycles. The van der Waals surface area contributed by atoms with Crippen LogP contribution in [-0.2, 0) is 95.5 Å². The van der Waals surface area contributed by atoms with Gasteiger partial charge < -0.3 is 128 Å². The van der Waals surface area contributed by atoms with Gasteiger partial charge in [-0.25, -0.2) is 8.37 Å². The molecule has 0 aromatic carbocycles. The first-order chi connectivity index (χ1) is 33.9. The molecule has 9 aliphatic heterocycles. The van der Waals surface area contributed by atoms with Crippen molar-refractivity contribution in [1.29, 1.82) is 0 Å². The maximum atomic E-state index is 11.6. The quantitative estimate of drug-likeness (QED) is 0.0602. The van der Waals surface area contributed by atoms with Gasteiger partial charge in [-0.1, -0.05) is 0 Å². The van der Waals surface area contributed by atoms with Crippen molar-refractivity contribution in [3.8, 4) is 0 Å². The SMILES string of the molecule is O=S(=O)(O)OC[C@H]1O[C@@H](O[C@H]2[C@H]3OC[C@@H]2O[C@@H](O[C@H]2[C@@H](O)[C@@H](COS(=O)(=O)O)O[C@@H](O[C@H]4[C@H]5OC[C@@H]4O[C@@H](O[C@@H]4[C@@H](O)[C@@H](O)O[C@H](CO)[C@@H]4O)[C@H]5O)[C@@H]2O)[C@H]3O)[C@H](O)[C@@H](O[C@@H]2O[C@H]3CO[C@@H]([C@@H]2O)[C@@H]3O)[C@H]1O. The molecule has 14 N–H and O–H groups in total. The molecule has 72 heavy (non-hydrogen) atoms. The molecule has 0 amide bonds. The third-order valence-electron chi connectivity index (χ3n) is 13.6. The number of fused-ring (bicyclic) bond motifs is 6. The highest BCUT2D eigenvalue weighted by Crippen LogP contribution is 2.41. The topological polar surface area (TPSA) is 499 Å². The summed E-state index contributed by atoms with van der Waals surface area (Å²) in [5.74, 6) is 0. The third-order valence-corrected chi connectivity index (χ3v) is 14.4. The summed E-state index contributed by atoms with van der Waals surface area (Å²) in [6, 6.07) is 0. The van der Waals surface area contributed by atoms with Crippen LogP contribution in [-0.4, -0.2) is 311 Å². The van der Waals surface area contributed by atoms with E-state index in [4.69, 9.17) is 66.3 Å². The monoisotopic (exact) mass is 1100 g/mol. The molecule has 30 atom stereocenters. The Morgan fingerprint density at radius 1 is 0.375 bits per heavy atom. The van der Waals surface area contributed by atoms with Gasteiger partial charge >= 0.3 is 20.8 Å². The summed E-state index contributed by atoms with van der Waals surface area (Å²) in [5.41, 5.74) is 0. The van der Waals surface area contributed by atoms with Crippen molar-refractivity contribution in [2.45, 2.75) is 184 Å². The molecule has 9 heterocycles. The average molecular weight is 1100 g/mol. The molecule has 0 radical (unpaired) electrons. The second kappa shape index (κ2) is 21.9. The Morgan fingerprint density at radius 2 is 0.722 bits per heavy atom. The van der Waals surface area contributed by atoms with Crippen LogP contribution < -0.4 is 0 Å². The number of aliphatic hydroxyl groups is 12. The fourth-order valence-corrected chi connectivity index (χ4v) is 10.5. The van der Waals surface area contributed by atoms with Crippen molar-refractivity contribution in [1.82, 2.24) is 0 Å². The molecule has 6 bridgehead atoms. The van der Waals surface area contributed by atoms with Crippen LogP contribution in [0, 0.1) is 0 Å². The van der Waals surface area contributed by atoms with Crippen LogP contribution in [0.5, 0.6) is 0 Å². The first-order valence-electron chi connectivity index (χ1n) is 22.3. The minimum Gasteiger partial charge on any atom is -0.394 e. The summed E-state index contributed by atoms with van der Waals surface area (Å²) in [6.45, 7) is -3.84. The standard InChI is InChI=1S/C36H56O34S2/c37-1-7-13(38)26(17(42)31(48)60-7)68-35-21(46)29-23(11(64-35)3-56-29)66-34-20(45)28(16(41)10(63-34)6-59-72(52,53)54)70-36-22(47)30-24(12(65-36)4-57-30)67-33-19(44)27(15(40)9(62-33)5-58-71(49,50)51)69-32-18(43)25-14(39)8(61-32)2-55-25/h7-48H,1-6H2,(H,49,50,51)(H,52,53,54)/t7-,8+,9-,10-,11+,12+,13+,14-,15+,16+,17-,18+,19-,20-,21+,22+,23-,24-,25-,26+,27+,28+,29+,30+,31+,32+,33+,34+,35+,36+/m1/s1. The normalized spacial score (nSPS) is 52.7. The van der Waals surface area contributed by atoms with Crippen molar-refractivity contribution in [2.24, 2.45) is 0 Å². The summed E-state index contributed by atoms with van der Waals surface area (Å²) >= 11 is 0. The Balaban J connectivity index is 0.877. The largest absolute Gasteiger partial charge is 0.397 e. The highest BCUT2D eigenvalue weighted by atomic mass is 32.3. The lowest BCUT2D eigenvalue weighted by atomic mass is 9.96. The second-order valence-electron chi connectivity index (χ2n) is 18.2. The van der Waals surface area contributed by atoms with Crippen molar-refractivity contribution >= 4 is 20.8 Å². The van der Waals surface area contributed by atoms with E-state index >= 15 is 0 Å². The maximum absolute atomic E-state index is 11.6. The molecule has 0 spiro atoms. The highest BCUT2D eigenvalue weighted by molar-refractivity contribution is 7.81. The molecule has 9 aliphatic rings. The molecular formula is C36H56O34S2. The first kappa shape index (κ1) is 55.5. The Labute approximate surface area is 405 Å². The third kappa shape index (κ3) is 11.2. The van der Waals surface area contributed by atoms with Crippen LogP contribution >= 0.6 is 0 Å². The molecule has 0 aliphatic carbocycles. The zero-order valence-electron chi connectivity index (χ0n) is 36.8. The van der Waals surface area contributed by atoms with E-state index in [0.29, 0.717) is 0 Å². The Bertz CT molecular complexity index is 2060. The molecule has 0 saturated carbocycles. The smallest absolute Gasteiger partial charge is 0.394 e. The summed E-state index contributed by atoms with van der Waals surface area (Å²) < 4.78 is 153. The molecule has 9 rings (SSSR count). The number of rotatable bonds is 17. The zero-order chi connectivity index (χ0) is 51.9. The van der Waals surface area contributed by atoms with Gasteiger partial charge in [0.05, 0.1) is 39.6 Å². The molecule has 34 nitrogen and oxygen atoms in total. The van der Waals surface area contributed by atoms with E-state index < -0.39 is 225 Å². The van der Waals surface area contributed by atoms with E-state index in [1.807, 2.05) is 0 Å². The van der Waals surface area contributed by atoms with Gasteiger partial charge in [-0.15, -0.1) is 0 Å². The van der Waals surface area contributed by atoms with Crippen molar-refractivity contribution < 1.29 is 162 Å². The van der Waals surface area contributed by atoms with E-state index in [-0.39, 0.29) is 19.8 Å². The lowest BCUT2D eigenvalue weighted by molar-refractivity contribution is -0.380. The van der Waals surface area contributed by atoms with Crippen molar-refractivity contribution in [3.63, 3.8) is 0 Å².